The molecule has 0 unspecified atom stereocenters. The molecule has 1 aliphatic heterocycles. The Morgan fingerprint density at radius 2 is 1.97 bits per heavy atom. The SMILES string of the molecule is C[C@@H]1C(=O)N(c2cccnc2)c2cnc(Nc3cnc4[nH]ncc4c3)nc2N1C1CCCCC1. The summed E-state index contributed by atoms with van der Waals surface area (Å²) in [4.78, 5) is 35.6. The first-order valence-corrected chi connectivity index (χ1v) is 11.6. The molecule has 2 N–H and O–H groups in total. The minimum Gasteiger partial charge on any atom is -0.340 e. The number of nitrogens with one attached hydrogen (secondary N) is 2. The van der Waals surface area contributed by atoms with Crippen molar-refractivity contribution in [3.8, 4) is 0 Å². The maximum atomic E-state index is 13.6. The number of H-pyrrole nitrogens is 1. The highest BCUT2D eigenvalue weighted by atomic mass is 16.2. The molecule has 1 aliphatic carbocycles. The zero-order valence-corrected chi connectivity index (χ0v) is 18.8. The fourth-order valence-electron chi connectivity index (χ4n) is 5.02. The molecule has 5 heterocycles. The Kier molecular flexibility index (Phi) is 5.05. The van der Waals surface area contributed by atoms with E-state index in [1.807, 2.05) is 25.1 Å². The average molecular weight is 456 g/mol. The lowest BCUT2D eigenvalue weighted by molar-refractivity contribution is -0.119. The first-order valence-electron chi connectivity index (χ1n) is 11.6. The first-order chi connectivity index (χ1) is 16.7. The summed E-state index contributed by atoms with van der Waals surface area (Å²) in [7, 11) is 0. The summed E-state index contributed by atoms with van der Waals surface area (Å²) in [5.74, 6) is 1.22. The van der Waals surface area contributed by atoms with Crippen LogP contribution in [0.2, 0.25) is 0 Å². The van der Waals surface area contributed by atoms with Crippen LogP contribution in [0.1, 0.15) is 39.0 Å². The summed E-state index contributed by atoms with van der Waals surface area (Å²) in [5.41, 5.74) is 2.88. The van der Waals surface area contributed by atoms with E-state index in [0.717, 1.165) is 48.2 Å². The zero-order chi connectivity index (χ0) is 23.1. The van der Waals surface area contributed by atoms with E-state index in [9.17, 15) is 4.79 Å². The maximum absolute atomic E-state index is 13.6. The van der Waals surface area contributed by atoms with Gasteiger partial charge in [-0.2, -0.15) is 10.1 Å². The van der Waals surface area contributed by atoms with E-state index >= 15 is 0 Å². The second kappa shape index (κ2) is 8.36. The van der Waals surface area contributed by atoms with Crippen molar-refractivity contribution in [3.05, 3.63) is 49.2 Å². The number of aromatic nitrogens is 6. The summed E-state index contributed by atoms with van der Waals surface area (Å²) in [5, 5.41) is 11.0. The molecule has 10 nitrogen and oxygen atoms in total. The van der Waals surface area contributed by atoms with Gasteiger partial charge in [0.25, 0.3) is 5.91 Å². The number of nitrogens with zero attached hydrogens (tertiary/aromatic N) is 7. The molecule has 2 aliphatic rings. The number of aromatic amines is 1. The van der Waals surface area contributed by atoms with Crippen LogP contribution in [0.5, 0.6) is 0 Å². The minimum absolute atomic E-state index is 0.00462. The highest BCUT2D eigenvalue weighted by Crippen LogP contribution is 2.42. The van der Waals surface area contributed by atoms with Crippen molar-refractivity contribution >= 4 is 45.8 Å². The Morgan fingerprint density at radius 1 is 1.09 bits per heavy atom. The molecule has 0 saturated heterocycles. The molecule has 0 radical (unpaired) electrons. The number of anilines is 5. The number of amides is 1. The molecule has 1 saturated carbocycles. The number of hydrogen-bond donors (Lipinski definition) is 2. The third kappa shape index (κ3) is 3.51. The topological polar surface area (TPSA) is 116 Å². The number of fused-ring (bicyclic) bond motifs is 2. The monoisotopic (exact) mass is 455 g/mol. The molecule has 172 valence electrons. The lowest BCUT2D eigenvalue weighted by Gasteiger charge is -2.45. The number of carbonyl (C=O) groups excluding carboxylic acids is 1. The fraction of sp³-hybridized carbons (Fsp3) is 0.333. The highest BCUT2D eigenvalue weighted by Gasteiger charge is 2.41. The molecule has 1 amide bonds. The molecular formula is C24H25N9O. The van der Waals surface area contributed by atoms with Gasteiger partial charge in [0, 0.05) is 17.6 Å². The van der Waals surface area contributed by atoms with Gasteiger partial charge in [0.2, 0.25) is 5.95 Å². The zero-order valence-electron chi connectivity index (χ0n) is 18.8. The van der Waals surface area contributed by atoms with Crippen molar-refractivity contribution in [2.45, 2.75) is 51.1 Å². The second-order valence-corrected chi connectivity index (χ2v) is 8.82. The minimum atomic E-state index is -0.345. The van der Waals surface area contributed by atoms with Gasteiger partial charge >= 0.3 is 0 Å². The Balaban J connectivity index is 1.43. The molecular weight excluding hydrogens is 430 g/mol. The summed E-state index contributed by atoms with van der Waals surface area (Å²) >= 11 is 0. The molecule has 34 heavy (non-hydrogen) atoms. The van der Waals surface area contributed by atoms with Crippen LogP contribution in [-0.2, 0) is 4.79 Å². The van der Waals surface area contributed by atoms with Crippen LogP contribution in [0.3, 0.4) is 0 Å². The van der Waals surface area contributed by atoms with E-state index in [4.69, 9.17) is 4.98 Å². The van der Waals surface area contributed by atoms with Crippen molar-refractivity contribution in [3.63, 3.8) is 0 Å². The molecule has 1 fully saturated rings. The Bertz CT molecular complexity index is 1330. The molecule has 0 spiro atoms. The number of pyridine rings is 2. The Hall–Kier alpha value is -4.08. The molecule has 4 aromatic heterocycles. The van der Waals surface area contributed by atoms with E-state index in [-0.39, 0.29) is 18.0 Å². The summed E-state index contributed by atoms with van der Waals surface area (Å²) in [6, 6.07) is 5.59. The maximum Gasteiger partial charge on any atom is 0.254 e. The largest absolute Gasteiger partial charge is 0.340 e. The van der Waals surface area contributed by atoms with Crippen LogP contribution in [0.15, 0.2) is 49.2 Å². The second-order valence-electron chi connectivity index (χ2n) is 8.82. The van der Waals surface area contributed by atoms with Crippen LogP contribution < -0.4 is 15.1 Å². The summed E-state index contributed by atoms with van der Waals surface area (Å²) in [6.07, 6.45) is 14.2. The van der Waals surface area contributed by atoms with Crippen LogP contribution in [-0.4, -0.2) is 48.1 Å². The van der Waals surface area contributed by atoms with Crippen LogP contribution in [0, 0.1) is 0 Å². The molecule has 4 aromatic rings. The van der Waals surface area contributed by atoms with Crippen molar-refractivity contribution in [2.75, 3.05) is 15.1 Å². The van der Waals surface area contributed by atoms with E-state index in [1.165, 1.54) is 6.42 Å². The van der Waals surface area contributed by atoms with Gasteiger partial charge in [0.05, 0.1) is 36.2 Å². The Morgan fingerprint density at radius 3 is 2.79 bits per heavy atom. The summed E-state index contributed by atoms with van der Waals surface area (Å²) in [6.45, 7) is 1.97. The fourth-order valence-corrected chi connectivity index (χ4v) is 5.02. The number of rotatable bonds is 4. The van der Waals surface area contributed by atoms with Crippen molar-refractivity contribution in [2.24, 2.45) is 0 Å². The van der Waals surface area contributed by atoms with Gasteiger partial charge < -0.3 is 10.2 Å². The predicted octanol–water partition coefficient (Wildman–Crippen LogP) is 4.09. The molecule has 0 aromatic carbocycles. The molecule has 1 atom stereocenters. The third-order valence-electron chi connectivity index (χ3n) is 6.65. The quantitative estimate of drug-likeness (QED) is 0.473. The first kappa shape index (κ1) is 20.5. The number of hydrogen-bond acceptors (Lipinski definition) is 8. The standard InChI is InChI=1S/C24H25N9O/c1-15-23(34)33(19-8-5-9-25-13-19)20-14-27-24(29-17-10-16-11-28-31-21(16)26-12-17)30-22(20)32(15)18-6-3-2-4-7-18/h5,8-15,18H,2-4,6-7H2,1H3,(H,26,28,31)(H,27,29,30)/t15-/m1/s1. The van der Waals surface area contributed by atoms with Crippen LogP contribution in [0.25, 0.3) is 11.0 Å². The van der Waals surface area contributed by atoms with E-state index < -0.39 is 0 Å². The smallest absolute Gasteiger partial charge is 0.254 e. The van der Waals surface area contributed by atoms with Crippen LogP contribution in [0.4, 0.5) is 28.8 Å². The number of carbonyl (C=O) groups is 1. The molecule has 6 rings (SSSR count). The van der Waals surface area contributed by atoms with E-state index in [1.54, 1.807) is 35.9 Å². The van der Waals surface area contributed by atoms with Gasteiger partial charge in [0.1, 0.15) is 11.7 Å². The highest BCUT2D eigenvalue weighted by molar-refractivity contribution is 6.09. The van der Waals surface area contributed by atoms with Gasteiger partial charge in [-0.05, 0) is 38.0 Å². The van der Waals surface area contributed by atoms with Crippen molar-refractivity contribution < 1.29 is 4.79 Å². The van der Waals surface area contributed by atoms with Gasteiger partial charge in [-0.25, -0.2) is 9.97 Å². The molecule has 0 bridgehead atoms. The van der Waals surface area contributed by atoms with Crippen molar-refractivity contribution in [1.82, 2.24) is 30.1 Å². The van der Waals surface area contributed by atoms with Crippen LogP contribution >= 0.6 is 0 Å². The van der Waals surface area contributed by atoms with Crippen molar-refractivity contribution in [1.29, 1.82) is 0 Å². The van der Waals surface area contributed by atoms with Gasteiger partial charge in [-0.1, -0.05) is 19.3 Å². The average Bonchev–Trinajstić information content (AvgIpc) is 3.34. The molecule has 10 heteroatoms. The normalized spacial score (nSPS) is 18.9. The van der Waals surface area contributed by atoms with Gasteiger partial charge in [0.15, 0.2) is 11.5 Å². The van der Waals surface area contributed by atoms with Gasteiger partial charge in [-0.15, -0.1) is 0 Å². The van der Waals surface area contributed by atoms with E-state index in [0.29, 0.717) is 17.3 Å². The Labute approximate surface area is 196 Å². The van der Waals surface area contributed by atoms with Gasteiger partial charge in [-0.3, -0.25) is 19.8 Å². The predicted molar refractivity (Wildman–Crippen MR) is 129 cm³/mol. The summed E-state index contributed by atoms with van der Waals surface area (Å²) < 4.78 is 0. The lowest BCUT2D eigenvalue weighted by atomic mass is 9.92. The van der Waals surface area contributed by atoms with E-state index in [2.05, 4.69) is 35.4 Å². The lowest BCUT2D eigenvalue weighted by Crippen LogP contribution is -2.55. The third-order valence-corrected chi connectivity index (χ3v) is 6.65.